The minimum atomic E-state index is 0.443. The Hall–Kier alpha value is -1.04. The molecule has 0 aliphatic rings. The lowest BCUT2D eigenvalue weighted by Crippen LogP contribution is -1.98. The number of thiophene rings is 1. The summed E-state index contributed by atoms with van der Waals surface area (Å²) in [7, 11) is 0. The Morgan fingerprint density at radius 1 is 1.50 bits per heavy atom. The number of furan rings is 1. The molecule has 0 aliphatic heterocycles. The third-order valence-corrected chi connectivity index (χ3v) is 4.11. The van der Waals surface area contributed by atoms with Gasteiger partial charge in [-0.1, -0.05) is 17.7 Å². The third kappa shape index (κ3) is 2.25. The van der Waals surface area contributed by atoms with Crippen LogP contribution in [0.25, 0.3) is 11.1 Å². The Kier molecular flexibility index (Phi) is 3.28. The van der Waals surface area contributed by atoms with Crippen molar-refractivity contribution in [2.75, 3.05) is 5.32 Å². The van der Waals surface area contributed by atoms with Crippen molar-refractivity contribution in [1.29, 1.82) is 0 Å². The van der Waals surface area contributed by atoms with Gasteiger partial charge in [-0.15, -0.1) is 11.3 Å². The summed E-state index contributed by atoms with van der Waals surface area (Å²) >= 11 is 11.1. The predicted octanol–water partition coefficient (Wildman–Crippen LogP) is 4.92. The number of hydrogen-bond donors (Lipinski definition) is 1. The molecule has 0 unspecified atom stereocenters. The van der Waals surface area contributed by atoms with E-state index in [4.69, 9.17) is 16.0 Å². The van der Waals surface area contributed by atoms with Crippen molar-refractivity contribution < 1.29 is 4.42 Å². The van der Waals surface area contributed by atoms with E-state index in [1.165, 1.54) is 4.88 Å². The maximum absolute atomic E-state index is 6.00. The molecule has 92 valence electrons. The molecular formula is C12H8BrClN2OS. The topological polar surface area (TPSA) is 38.1 Å². The molecule has 1 N–H and O–H groups in total. The van der Waals surface area contributed by atoms with Crippen LogP contribution in [-0.2, 0) is 6.54 Å². The minimum absolute atomic E-state index is 0.443. The summed E-state index contributed by atoms with van der Waals surface area (Å²) in [5, 5.41) is 5.81. The van der Waals surface area contributed by atoms with Crippen LogP contribution in [0.4, 0.5) is 5.69 Å². The van der Waals surface area contributed by atoms with Gasteiger partial charge in [-0.25, -0.2) is 4.98 Å². The van der Waals surface area contributed by atoms with E-state index in [1.54, 1.807) is 23.7 Å². The zero-order chi connectivity index (χ0) is 12.5. The van der Waals surface area contributed by atoms with E-state index in [0.717, 1.165) is 22.2 Å². The zero-order valence-electron chi connectivity index (χ0n) is 9.11. The maximum Gasteiger partial charge on any atom is 0.176 e. The fourth-order valence-electron chi connectivity index (χ4n) is 1.68. The molecule has 0 amide bonds. The second-order valence-electron chi connectivity index (χ2n) is 3.69. The summed E-state index contributed by atoms with van der Waals surface area (Å²) in [4.78, 5) is 5.48. The Labute approximate surface area is 121 Å². The van der Waals surface area contributed by atoms with Gasteiger partial charge in [0.15, 0.2) is 5.58 Å². The van der Waals surface area contributed by atoms with Crippen LogP contribution in [0.1, 0.15) is 4.88 Å². The van der Waals surface area contributed by atoms with Gasteiger partial charge in [0.1, 0.15) is 16.9 Å². The molecule has 0 spiro atoms. The first-order chi connectivity index (χ1) is 8.74. The number of nitrogens with one attached hydrogen (secondary N) is 1. The summed E-state index contributed by atoms with van der Waals surface area (Å²) in [5.41, 5.74) is 2.29. The van der Waals surface area contributed by atoms with Crippen LogP contribution < -0.4 is 5.32 Å². The molecule has 0 aromatic carbocycles. The number of hydrogen-bond acceptors (Lipinski definition) is 4. The molecule has 0 radical (unpaired) electrons. The normalized spacial score (nSPS) is 11.0. The molecule has 18 heavy (non-hydrogen) atoms. The number of rotatable bonds is 3. The third-order valence-electron chi connectivity index (χ3n) is 2.48. The van der Waals surface area contributed by atoms with Crippen LogP contribution >= 0.6 is 38.9 Å². The van der Waals surface area contributed by atoms with Crippen molar-refractivity contribution in [2.45, 2.75) is 6.54 Å². The van der Waals surface area contributed by atoms with Crippen LogP contribution in [0, 0.1) is 0 Å². The van der Waals surface area contributed by atoms with Crippen molar-refractivity contribution >= 4 is 55.7 Å². The van der Waals surface area contributed by atoms with Gasteiger partial charge in [0.05, 0.1) is 10.2 Å². The summed E-state index contributed by atoms with van der Waals surface area (Å²) in [6.07, 6.45) is 1.62. The Balaban J connectivity index is 1.95. The SMILES string of the molecule is Clc1cc(NCc2cccs2)c2occ(Br)c2n1. The van der Waals surface area contributed by atoms with E-state index < -0.39 is 0 Å². The summed E-state index contributed by atoms with van der Waals surface area (Å²) < 4.78 is 6.28. The quantitative estimate of drug-likeness (QED) is 0.686. The van der Waals surface area contributed by atoms with Crippen molar-refractivity contribution in [3.05, 3.63) is 44.3 Å². The van der Waals surface area contributed by atoms with E-state index in [9.17, 15) is 0 Å². The number of fused-ring (bicyclic) bond motifs is 1. The summed E-state index contributed by atoms with van der Waals surface area (Å²) in [6, 6.07) is 5.88. The molecule has 3 heterocycles. The predicted molar refractivity (Wildman–Crippen MR) is 78.4 cm³/mol. The highest BCUT2D eigenvalue weighted by Gasteiger charge is 2.11. The Morgan fingerprint density at radius 3 is 3.17 bits per heavy atom. The first-order valence-electron chi connectivity index (χ1n) is 5.23. The average Bonchev–Trinajstić information content (AvgIpc) is 2.97. The first-order valence-corrected chi connectivity index (χ1v) is 7.28. The van der Waals surface area contributed by atoms with Crippen molar-refractivity contribution in [2.24, 2.45) is 0 Å². The van der Waals surface area contributed by atoms with Gasteiger partial charge in [-0.05, 0) is 27.4 Å². The Bertz CT molecular complexity index is 681. The lowest BCUT2D eigenvalue weighted by molar-refractivity contribution is 0.614. The van der Waals surface area contributed by atoms with E-state index in [1.807, 2.05) is 6.07 Å². The maximum atomic E-state index is 6.00. The smallest absolute Gasteiger partial charge is 0.176 e. The van der Waals surface area contributed by atoms with Crippen LogP contribution in [-0.4, -0.2) is 4.98 Å². The zero-order valence-corrected chi connectivity index (χ0v) is 12.3. The van der Waals surface area contributed by atoms with E-state index in [2.05, 4.69) is 37.7 Å². The number of pyridine rings is 1. The second-order valence-corrected chi connectivity index (χ2v) is 5.96. The average molecular weight is 344 g/mol. The van der Waals surface area contributed by atoms with Gasteiger partial charge in [-0.2, -0.15) is 0 Å². The highest BCUT2D eigenvalue weighted by Crippen LogP contribution is 2.32. The lowest BCUT2D eigenvalue weighted by Gasteiger charge is -2.05. The van der Waals surface area contributed by atoms with Gasteiger partial charge in [0, 0.05) is 17.5 Å². The van der Waals surface area contributed by atoms with Crippen molar-refractivity contribution in [3.63, 3.8) is 0 Å². The van der Waals surface area contributed by atoms with E-state index in [-0.39, 0.29) is 0 Å². The summed E-state index contributed by atoms with van der Waals surface area (Å²) in [5.74, 6) is 0. The van der Waals surface area contributed by atoms with Crippen LogP contribution in [0.15, 0.2) is 38.7 Å². The van der Waals surface area contributed by atoms with Gasteiger partial charge < -0.3 is 9.73 Å². The molecule has 0 fully saturated rings. The summed E-state index contributed by atoms with van der Waals surface area (Å²) in [6.45, 7) is 0.741. The number of halogens is 2. The molecule has 0 aliphatic carbocycles. The largest absolute Gasteiger partial charge is 0.459 e. The highest BCUT2D eigenvalue weighted by atomic mass is 79.9. The molecule has 0 saturated carbocycles. The van der Waals surface area contributed by atoms with E-state index in [0.29, 0.717) is 10.7 Å². The van der Waals surface area contributed by atoms with Gasteiger partial charge >= 0.3 is 0 Å². The first kappa shape index (κ1) is 12.0. The van der Waals surface area contributed by atoms with Gasteiger partial charge in [-0.3, -0.25) is 0 Å². The molecule has 3 aromatic rings. The number of aromatic nitrogens is 1. The van der Waals surface area contributed by atoms with Gasteiger partial charge in [0.25, 0.3) is 0 Å². The van der Waals surface area contributed by atoms with Gasteiger partial charge in [0.2, 0.25) is 0 Å². The molecule has 3 aromatic heterocycles. The van der Waals surface area contributed by atoms with Crippen LogP contribution in [0.2, 0.25) is 5.15 Å². The molecule has 6 heteroatoms. The molecular weight excluding hydrogens is 336 g/mol. The lowest BCUT2D eigenvalue weighted by atomic mass is 10.3. The second kappa shape index (κ2) is 4.91. The monoisotopic (exact) mass is 342 g/mol. The highest BCUT2D eigenvalue weighted by molar-refractivity contribution is 9.10. The Morgan fingerprint density at radius 2 is 2.39 bits per heavy atom. The molecule has 3 rings (SSSR count). The fourth-order valence-corrected chi connectivity index (χ4v) is 2.88. The fraction of sp³-hybridized carbons (Fsp3) is 0.0833. The molecule has 0 saturated heterocycles. The van der Waals surface area contributed by atoms with Crippen LogP contribution in [0.5, 0.6) is 0 Å². The molecule has 3 nitrogen and oxygen atoms in total. The molecule has 0 bridgehead atoms. The molecule has 0 atom stereocenters. The van der Waals surface area contributed by atoms with Crippen molar-refractivity contribution in [1.82, 2.24) is 4.98 Å². The standard InChI is InChI=1S/C12H8BrClN2OS/c13-8-6-17-12-9(4-10(14)16-11(8)12)15-5-7-2-1-3-18-7/h1-4,6H,5H2,(H,15,16). The van der Waals surface area contributed by atoms with Crippen LogP contribution in [0.3, 0.4) is 0 Å². The van der Waals surface area contributed by atoms with E-state index >= 15 is 0 Å². The van der Waals surface area contributed by atoms with Crippen molar-refractivity contribution in [3.8, 4) is 0 Å². The minimum Gasteiger partial charge on any atom is -0.459 e. The number of nitrogens with zero attached hydrogens (tertiary/aromatic N) is 1. The number of anilines is 1.